The normalized spacial score (nSPS) is 13.1. The molecule has 2 amide bonds. The van der Waals surface area contributed by atoms with Crippen LogP contribution in [0.1, 0.15) is 34.1 Å². The Labute approximate surface area is 90.4 Å². The topological polar surface area (TPSA) is 81.4 Å². The molecule has 0 bridgehead atoms. The third kappa shape index (κ3) is 7.78. The Morgan fingerprint density at radius 1 is 1.40 bits per heavy atom. The molecule has 0 aromatic heterocycles. The van der Waals surface area contributed by atoms with Crippen molar-refractivity contribution in [3.05, 3.63) is 0 Å². The number of alkyl carbamates (subject to hydrolysis) is 1. The molecule has 1 atom stereocenters. The van der Waals surface area contributed by atoms with Gasteiger partial charge in [-0.3, -0.25) is 4.79 Å². The fourth-order valence-corrected chi connectivity index (χ4v) is 0.800. The zero-order valence-electron chi connectivity index (χ0n) is 9.79. The van der Waals surface area contributed by atoms with Crippen LogP contribution in [0.2, 0.25) is 0 Å². The van der Waals surface area contributed by atoms with Crippen LogP contribution < -0.4 is 11.1 Å². The lowest BCUT2D eigenvalue weighted by Crippen LogP contribution is -2.36. The van der Waals surface area contributed by atoms with E-state index >= 15 is 0 Å². The molecule has 0 unspecified atom stereocenters. The van der Waals surface area contributed by atoms with Crippen molar-refractivity contribution in [2.75, 3.05) is 6.54 Å². The Morgan fingerprint density at radius 2 is 1.93 bits per heavy atom. The first-order valence-corrected chi connectivity index (χ1v) is 4.96. The van der Waals surface area contributed by atoms with E-state index in [1.165, 1.54) is 6.92 Å². The highest BCUT2D eigenvalue weighted by Gasteiger charge is 2.15. The molecule has 5 nitrogen and oxygen atoms in total. The molecule has 0 aliphatic rings. The maximum Gasteiger partial charge on any atom is 0.407 e. The largest absolute Gasteiger partial charge is 0.436 e. The van der Waals surface area contributed by atoms with E-state index < -0.39 is 18.1 Å². The van der Waals surface area contributed by atoms with E-state index in [2.05, 4.69) is 26.1 Å². The number of amides is 2. The predicted molar refractivity (Wildman–Crippen MR) is 57.2 cm³/mol. The summed E-state index contributed by atoms with van der Waals surface area (Å²) >= 11 is 0. The summed E-state index contributed by atoms with van der Waals surface area (Å²) in [5.74, 6) is -0.652. The number of nitrogens with one attached hydrogen (secondary N) is 1. The van der Waals surface area contributed by atoms with Gasteiger partial charge in [-0.2, -0.15) is 0 Å². The number of nitrogens with two attached hydrogens (primary N) is 1. The van der Waals surface area contributed by atoms with Crippen LogP contribution >= 0.6 is 0 Å². The van der Waals surface area contributed by atoms with Crippen molar-refractivity contribution in [2.24, 2.45) is 11.1 Å². The van der Waals surface area contributed by atoms with E-state index in [-0.39, 0.29) is 5.41 Å². The number of carbonyl (C=O) groups excluding carboxylic acids is 2. The molecular formula is C10H20N2O3. The van der Waals surface area contributed by atoms with Gasteiger partial charge in [0.15, 0.2) is 6.10 Å². The van der Waals surface area contributed by atoms with Crippen LogP contribution in [-0.4, -0.2) is 24.6 Å². The van der Waals surface area contributed by atoms with E-state index in [0.717, 1.165) is 6.42 Å². The van der Waals surface area contributed by atoms with Crippen LogP contribution in [0.4, 0.5) is 4.79 Å². The summed E-state index contributed by atoms with van der Waals surface area (Å²) in [5, 5.41) is 2.56. The third-order valence-corrected chi connectivity index (χ3v) is 1.83. The lowest BCUT2D eigenvalue weighted by atomic mass is 9.92. The first-order valence-electron chi connectivity index (χ1n) is 4.96. The number of ether oxygens (including phenoxy) is 1. The van der Waals surface area contributed by atoms with Crippen LogP contribution in [0, 0.1) is 5.41 Å². The molecule has 0 aliphatic carbocycles. The number of hydrogen-bond acceptors (Lipinski definition) is 3. The van der Waals surface area contributed by atoms with Gasteiger partial charge in [0.05, 0.1) is 0 Å². The van der Waals surface area contributed by atoms with Gasteiger partial charge in [-0.05, 0) is 18.8 Å². The van der Waals surface area contributed by atoms with Gasteiger partial charge in [0.2, 0.25) is 0 Å². The highest BCUT2D eigenvalue weighted by atomic mass is 16.6. The van der Waals surface area contributed by atoms with Gasteiger partial charge in [0.1, 0.15) is 0 Å². The standard InChI is InChI=1S/C10H20N2O3/c1-7(8(11)13)15-9(14)12-6-5-10(2,3)4/h7H,5-6H2,1-4H3,(H2,11,13)(H,12,14)/t7-/m0/s1. The molecule has 88 valence electrons. The number of hydrogen-bond donors (Lipinski definition) is 2. The summed E-state index contributed by atoms with van der Waals surface area (Å²) in [6, 6.07) is 0. The predicted octanol–water partition coefficient (Wildman–Crippen LogP) is 1.02. The van der Waals surface area contributed by atoms with Crippen LogP contribution in [-0.2, 0) is 9.53 Å². The summed E-state index contributed by atoms with van der Waals surface area (Å²) in [6.45, 7) is 8.18. The molecular weight excluding hydrogens is 196 g/mol. The zero-order chi connectivity index (χ0) is 12.1. The zero-order valence-corrected chi connectivity index (χ0v) is 9.79. The number of primary amides is 1. The number of rotatable bonds is 4. The lowest BCUT2D eigenvalue weighted by molar-refractivity contribution is -0.125. The maximum absolute atomic E-state index is 11.1. The van der Waals surface area contributed by atoms with Crippen molar-refractivity contribution in [3.63, 3.8) is 0 Å². The fraction of sp³-hybridized carbons (Fsp3) is 0.800. The Balaban J connectivity index is 3.72. The minimum absolute atomic E-state index is 0.155. The van der Waals surface area contributed by atoms with Gasteiger partial charge < -0.3 is 15.8 Å². The van der Waals surface area contributed by atoms with Gasteiger partial charge in [0.25, 0.3) is 5.91 Å². The Kier molecular flexibility index (Phi) is 5.11. The Hall–Kier alpha value is -1.26. The van der Waals surface area contributed by atoms with Crippen molar-refractivity contribution in [1.82, 2.24) is 5.32 Å². The van der Waals surface area contributed by atoms with Crippen LogP contribution in [0.25, 0.3) is 0 Å². The van der Waals surface area contributed by atoms with E-state index in [1.807, 2.05) is 0 Å². The second-order valence-corrected chi connectivity index (χ2v) is 4.69. The highest BCUT2D eigenvalue weighted by Crippen LogP contribution is 2.16. The van der Waals surface area contributed by atoms with E-state index in [0.29, 0.717) is 6.54 Å². The second kappa shape index (κ2) is 5.58. The van der Waals surface area contributed by atoms with E-state index in [4.69, 9.17) is 10.5 Å². The molecule has 0 fully saturated rings. The summed E-state index contributed by atoms with van der Waals surface area (Å²) in [4.78, 5) is 21.7. The summed E-state index contributed by atoms with van der Waals surface area (Å²) in [5.41, 5.74) is 5.09. The van der Waals surface area contributed by atoms with Gasteiger partial charge in [0, 0.05) is 6.54 Å². The van der Waals surface area contributed by atoms with Crippen molar-refractivity contribution < 1.29 is 14.3 Å². The SMILES string of the molecule is C[C@H](OC(=O)NCCC(C)(C)C)C(N)=O. The fourth-order valence-electron chi connectivity index (χ4n) is 0.800. The smallest absolute Gasteiger partial charge is 0.407 e. The summed E-state index contributed by atoms with van der Waals surface area (Å²) < 4.78 is 4.70. The Morgan fingerprint density at radius 3 is 2.33 bits per heavy atom. The summed E-state index contributed by atoms with van der Waals surface area (Å²) in [6.07, 6.45) is -0.655. The molecule has 0 saturated heterocycles. The molecule has 0 spiro atoms. The number of carbonyl (C=O) groups is 2. The molecule has 0 aromatic rings. The third-order valence-electron chi connectivity index (χ3n) is 1.83. The monoisotopic (exact) mass is 216 g/mol. The molecule has 0 aliphatic heterocycles. The van der Waals surface area contributed by atoms with Crippen LogP contribution in [0.3, 0.4) is 0 Å². The van der Waals surface area contributed by atoms with Gasteiger partial charge >= 0.3 is 6.09 Å². The first kappa shape index (κ1) is 13.7. The van der Waals surface area contributed by atoms with E-state index in [9.17, 15) is 9.59 Å². The van der Waals surface area contributed by atoms with Gasteiger partial charge in [-0.25, -0.2) is 4.79 Å². The summed E-state index contributed by atoms with van der Waals surface area (Å²) in [7, 11) is 0. The average molecular weight is 216 g/mol. The van der Waals surface area contributed by atoms with Crippen molar-refractivity contribution in [2.45, 2.75) is 40.2 Å². The van der Waals surface area contributed by atoms with Gasteiger partial charge in [-0.1, -0.05) is 20.8 Å². The lowest BCUT2D eigenvalue weighted by Gasteiger charge is -2.18. The van der Waals surface area contributed by atoms with E-state index in [1.54, 1.807) is 0 Å². The molecule has 0 saturated carbocycles. The second-order valence-electron chi connectivity index (χ2n) is 4.69. The minimum Gasteiger partial charge on any atom is -0.436 e. The highest BCUT2D eigenvalue weighted by molar-refractivity contribution is 5.81. The van der Waals surface area contributed by atoms with Crippen molar-refractivity contribution in [1.29, 1.82) is 0 Å². The molecule has 0 radical (unpaired) electrons. The molecule has 0 aromatic carbocycles. The molecule has 0 rings (SSSR count). The van der Waals surface area contributed by atoms with Crippen LogP contribution in [0.15, 0.2) is 0 Å². The van der Waals surface area contributed by atoms with Crippen LogP contribution in [0.5, 0.6) is 0 Å². The quantitative estimate of drug-likeness (QED) is 0.736. The molecule has 0 heterocycles. The molecule has 15 heavy (non-hydrogen) atoms. The van der Waals surface area contributed by atoms with Crippen molar-refractivity contribution >= 4 is 12.0 Å². The van der Waals surface area contributed by atoms with Crippen molar-refractivity contribution in [3.8, 4) is 0 Å². The Bertz CT molecular complexity index is 233. The maximum atomic E-state index is 11.1. The van der Waals surface area contributed by atoms with Gasteiger partial charge in [-0.15, -0.1) is 0 Å². The molecule has 3 N–H and O–H groups in total. The average Bonchev–Trinajstić information content (AvgIpc) is 2.01. The molecule has 5 heteroatoms. The minimum atomic E-state index is -0.889. The first-order chi connectivity index (χ1) is 6.72.